The summed E-state index contributed by atoms with van der Waals surface area (Å²) in [6, 6.07) is 8.33. The first-order valence-corrected chi connectivity index (χ1v) is 7.47. The van der Waals surface area contributed by atoms with E-state index in [1.54, 1.807) is 12.4 Å². The molecular weight excluding hydrogens is 321 g/mol. The zero-order valence-corrected chi connectivity index (χ0v) is 13.1. The second-order valence-corrected chi connectivity index (χ2v) is 5.40. The number of rotatable bonds is 7. The van der Waals surface area contributed by atoms with Crippen molar-refractivity contribution in [3.8, 4) is 5.75 Å². The fourth-order valence-electron chi connectivity index (χ4n) is 2.10. The van der Waals surface area contributed by atoms with Crippen molar-refractivity contribution in [3.05, 3.63) is 59.9 Å². The Kier molecular flexibility index (Phi) is 6.16. The Morgan fingerprint density at radius 3 is 2.58 bits per heavy atom. The number of aliphatic hydroxyl groups is 1. The van der Waals surface area contributed by atoms with Gasteiger partial charge in [0.05, 0.1) is 5.56 Å². The van der Waals surface area contributed by atoms with E-state index in [0.29, 0.717) is 0 Å². The molecule has 2 N–H and O–H groups in total. The molecule has 0 spiro atoms. The van der Waals surface area contributed by atoms with E-state index >= 15 is 0 Å². The Morgan fingerprint density at radius 2 is 1.92 bits per heavy atom. The first-order chi connectivity index (χ1) is 11.4. The summed E-state index contributed by atoms with van der Waals surface area (Å²) in [6.07, 6.45) is -1.90. The Hall–Kier alpha value is -2.12. The summed E-state index contributed by atoms with van der Waals surface area (Å²) >= 11 is 0. The lowest BCUT2D eigenvalue weighted by Gasteiger charge is -2.18. The number of nitrogens with one attached hydrogen (secondary N) is 1. The van der Waals surface area contributed by atoms with Gasteiger partial charge < -0.3 is 15.2 Å². The maximum atomic E-state index is 12.6. The third kappa shape index (κ3) is 5.50. The van der Waals surface area contributed by atoms with E-state index in [2.05, 4.69) is 10.3 Å². The first kappa shape index (κ1) is 18.2. The summed E-state index contributed by atoms with van der Waals surface area (Å²) in [5.41, 5.74) is 0.245. The van der Waals surface area contributed by atoms with Crippen molar-refractivity contribution in [2.75, 3.05) is 13.2 Å². The quantitative estimate of drug-likeness (QED) is 0.813. The molecule has 0 radical (unpaired) electrons. The summed E-state index contributed by atoms with van der Waals surface area (Å²) in [6.45, 7) is 2.09. The Balaban J connectivity index is 1.80. The van der Waals surface area contributed by atoms with Crippen LogP contribution in [0.5, 0.6) is 5.75 Å². The Labute approximate surface area is 138 Å². The van der Waals surface area contributed by atoms with Gasteiger partial charge in [-0.2, -0.15) is 13.2 Å². The van der Waals surface area contributed by atoms with Crippen LogP contribution >= 0.6 is 0 Å². The number of aromatic nitrogens is 1. The lowest BCUT2D eigenvalue weighted by molar-refractivity contribution is -0.137. The molecule has 130 valence electrons. The molecule has 0 aliphatic heterocycles. The van der Waals surface area contributed by atoms with Crippen LogP contribution in [0.3, 0.4) is 0 Å². The molecule has 0 saturated carbocycles. The van der Waals surface area contributed by atoms with Gasteiger partial charge in [-0.3, -0.25) is 4.98 Å². The van der Waals surface area contributed by atoms with Crippen molar-refractivity contribution >= 4 is 0 Å². The molecule has 0 aliphatic rings. The van der Waals surface area contributed by atoms with E-state index in [0.717, 1.165) is 17.7 Å². The molecule has 24 heavy (non-hydrogen) atoms. The number of halogens is 3. The third-order valence-electron chi connectivity index (χ3n) is 3.47. The maximum Gasteiger partial charge on any atom is 0.416 e. The highest BCUT2D eigenvalue weighted by molar-refractivity contribution is 5.30. The predicted octanol–water partition coefficient (Wildman–Crippen LogP) is 3.19. The lowest BCUT2D eigenvalue weighted by atomic mass is 10.1. The lowest BCUT2D eigenvalue weighted by Crippen LogP contribution is -2.33. The largest absolute Gasteiger partial charge is 0.491 e. The minimum Gasteiger partial charge on any atom is -0.491 e. The molecule has 4 nitrogen and oxygen atoms in total. The first-order valence-electron chi connectivity index (χ1n) is 7.47. The number of pyridine rings is 1. The van der Waals surface area contributed by atoms with Crippen LogP contribution in [-0.4, -0.2) is 29.3 Å². The van der Waals surface area contributed by atoms with Gasteiger partial charge in [0, 0.05) is 25.0 Å². The van der Waals surface area contributed by atoms with Crippen molar-refractivity contribution in [3.63, 3.8) is 0 Å². The second kappa shape index (κ2) is 8.12. The topological polar surface area (TPSA) is 54.4 Å². The van der Waals surface area contributed by atoms with Crippen LogP contribution in [0, 0.1) is 0 Å². The summed E-state index contributed by atoms with van der Waals surface area (Å²) < 4.78 is 43.1. The van der Waals surface area contributed by atoms with Crippen LogP contribution in [0.25, 0.3) is 0 Å². The van der Waals surface area contributed by atoms with Gasteiger partial charge in [-0.15, -0.1) is 0 Å². The van der Waals surface area contributed by atoms with Crippen molar-refractivity contribution in [2.24, 2.45) is 0 Å². The smallest absolute Gasteiger partial charge is 0.416 e. The molecule has 7 heteroatoms. The van der Waals surface area contributed by atoms with E-state index in [1.807, 2.05) is 19.1 Å². The average Bonchev–Trinajstić information content (AvgIpc) is 2.58. The molecule has 0 saturated heterocycles. The number of aliphatic hydroxyl groups excluding tert-OH is 1. The van der Waals surface area contributed by atoms with Crippen LogP contribution in [0.4, 0.5) is 13.2 Å². The monoisotopic (exact) mass is 340 g/mol. The zero-order valence-electron chi connectivity index (χ0n) is 13.1. The number of alkyl halides is 3. The third-order valence-corrected chi connectivity index (χ3v) is 3.47. The molecule has 1 aromatic heterocycles. The molecule has 2 rings (SSSR count). The molecule has 2 aromatic rings. The number of ether oxygens (including phenoxy) is 1. The molecular formula is C17H19F3N2O2. The van der Waals surface area contributed by atoms with Crippen molar-refractivity contribution in [1.82, 2.24) is 10.3 Å². The fourth-order valence-corrected chi connectivity index (χ4v) is 2.10. The number of nitrogens with zero attached hydrogens (tertiary/aromatic N) is 1. The van der Waals surface area contributed by atoms with Gasteiger partial charge in [0.2, 0.25) is 0 Å². The van der Waals surface area contributed by atoms with Crippen LogP contribution < -0.4 is 10.1 Å². The highest BCUT2D eigenvalue weighted by Crippen LogP contribution is 2.31. The highest BCUT2D eigenvalue weighted by atomic mass is 19.4. The summed E-state index contributed by atoms with van der Waals surface area (Å²) in [5.74, 6) is 0.0751. The average molecular weight is 340 g/mol. The molecule has 0 amide bonds. The summed E-state index contributed by atoms with van der Waals surface area (Å²) in [5, 5.41) is 13.0. The van der Waals surface area contributed by atoms with Crippen molar-refractivity contribution < 1.29 is 23.0 Å². The number of hydrogen-bond acceptors (Lipinski definition) is 4. The van der Waals surface area contributed by atoms with E-state index in [4.69, 9.17) is 4.74 Å². The fraction of sp³-hybridized carbons (Fsp3) is 0.353. The minimum absolute atomic E-state index is 0.0104. The molecule has 2 atom stereocenters. The number of hydrogen-bond donors (Lipinski definition) is 2. The molecule has 1 aromatic carbocycles. The summed E-state index contributed by atoms with van der Waals surface area (Å²) in [7, 11) is 0. The van der Waals surface area contributed by atoms with Crippen LogP contribution in [0.1, 0.15) is 24.1 Å². The minimum atomic E-state index is -4.42. The molecule has 0 bridgehead atoms. The molecule has 2 unspecified atom stereocenters. The molecule has 0 aliphatic carbocycles. The van der Waals surface area contributed by atoms with Gasteiger partial charge in [0.1, 0.15) is 18.5 Å². The highest BCUT2D eigenvalue weighted by Gasteiger charge is 2.30. The second-order valence-electron chi connectivity index (χ2n) is 5.40. The van der Waals surface area contributed by atoms with Gasteiger partial charge in [-0.1, -0.05) is 6.07 Å². The van der Waals surface area contributed by atoms with E-state index in [9.17, 15) is 18.3 Å². The standard InChI is InChI=1S/C17H19F3N2O2/c1-12(13-5-7-21-8-6-13)22-10-15(23)11-24-16-4-2-3-14(9-16)17(18,19)20/h2-9,12,15,22-23H,10-11H2,1H3. The van der Waals surface area contributed by atoms with Gasteiger partial charge in [-0.25, -0.2) is 0 Å². The maximum absolute atomic E-state index is 12.6. The van der Waals surface area contributed by atoms with Crippen LogP contribution in [0.2, 0.25) is 0 Å². The van der Waals surface area contributed by atoms with E-state index in [1.165, 1.54) is 12.1 Å². The molecule has 1 heterocycles. The summed E-state index contributed by atoms with van der Waals surface area (Å²) in [4.78, 5) is 3.93. The van der Waals surface area contributed by atoms with Gasteiger partial charge in [0.15, 0.2) is 0 Å². The zero-order chi connectivity index (χ0) is 17.6. The Morgan fingerprint density at radius 1 is 1.21 bits per heavy atom. The van der Waals surface area contributed by atoms with Crippen molar-refractivity contribution in [1.29, 1.82) is 0 Å². The van der Waals surface area contributed by atoms with E-state index < -0.39 is 17.8 Å². The van der Waals surface area contributed by atoms with Crippen molar-refractivity contribution in [2.45, 2.75) is 25.2 Å². The van der Waals surface area contributed by atoms with E-state index in [-0.39, 0.29) is 24.9 Å². The van der Waals surface area contributed by atoms with Gasteiger partial charge >= 0.3 is 6.18 Å². The normalized spacial score (nSPS) is 14.2. The van der Waals surface area contributed by atoms with Gasteiger partial charge in [-0.05, 0) is 42.8 Å². The van der Waals surface area contributed by atoms with Crippen LogP contribution in [0.15, 0.2) is 48.8 Å². The number of benzene rings is 1. The molecule has 0 fully saturated rings. The SMILES string of the molecule is CC(NCC(O)COc1cccc(C(F)(F)F)c1)c1ccncc1. The Bertz CT molecular complexity index is 635. The van der Waals surface area contributed by atoms with Crippen LogP contribution in [-0.2, 0) is 6.18 Å². The predicted molar refractivity (Wildman–Crippen MR) is 83.6 cm³/mol. The van der Waals surface area contributed by atoms with Gasteiger partial charge in [0.25, 0.3) is 0 Å².